The average molecular weight is 587 g/mol. The highest BCUT2D eigenvalue weighted by molar-refractivity contribution is 7.99. The van der Waals surface area contributed by atoms with Crippen LogP contribution in [0, 0.1) is 5.92 Å². The van der Waals surface area contributed by atoms with E-state index in [0.717, 1.165) is 73.8 Å². The number of hydrogen-bond acceptors (Lipinski definition) is 8. The summed E-state index contributed by atoms with van der Waals surface area (Å²) in [5.74, 6) is 0.499. The van der Waals surface area contributed by atoms with Crippen molar-refractivity contribution in [2.75, 3.05) is 56.6 Å². The number of piperazine rings is 1. The summed E-state index contributed by atoms with van der Waals surface area (Å²) in [5, 5.41) is 0. The highest BCUT2D eigenvalue weighted by Crippen LogP contribution is 2.39. The molecule has 2 fully saturated rings. The van der Waals surface area contributed by atoms with Gasteiger partial charge in [-0.3, -0.25) is 9.69 Å². The van der Waals surface area contributed by atoms with Crippen LogP contribution in [0.4, 0.5) is 24.8 Å². The lowest BCUT2D eigenvalue weighted by atomic mass is 10.1. The molecule has 3 aromatic rings. The van der Waals surface area contributed by atoms with E-state index in [0.29, 0.717) is 10.8 Å². The van der Waals surface area contributed by atoms with Gasteiger partial charge in [0.05, 0.1) is 22.2 Å². The number of carbonyl (C=O) groups excluding carboxylic acids is 1. The molecule has 12 heteroatoms. The first kappa shape index (κ1) is 29.0. The van der Waals surface area contributed by atoms with Crippen molar-refractivity contribution >= 4 is 29.3 Å². The Hall–Kier alpha value is -3.51. The summed E-state index contributed by atoms with van der Waals surface area (Å²) in [6.07, 6.45) is -0.517. The Morgan fingerprint density at radius 3 is 2.54 bits per heavy atom. The second-order valence-corrected chi connectivity index (χ2v) is 11.7. The zero-order chi connectivity index (χ0) is 29.1. The summed E-state index contributed by atoms with van der Waals surface area (Å²) in [6.45, 7) is 4.78. The number of benzene rings is 2. The molecule has 1 aromatic heterocycles. The molecular formula is C29H33F3N6O2S. The van der Waals surface area contributed by atoms with Crippen molar-refractivity contribution in [1.82, 2.24) is 14.9 Å². The fourth-order valence-electron chi connectivity index (χ4n) is 4.71. The molecule has 2 N–H and O–H groups in total. The van der Waals surface area contributed by atoms with Crippen LogP contribution in [-0.4, -0.2) is 67.6 Å². The first-order valence-corrected chi connectivity index (χ1v) is 14.3. The molecule has 0 spiro atoms. The van der Waals surface area contributed by atoms with Gasteiger partial charge in [0.1, 0.15) is 6.61 Å². The molecule has 1 saturated carbocycles. The average Bonchev–Trinajstić information content (AvgIpc) is 3.76. The Morgan fingerprint density at radius 2 is 1.88 bits per heavy atom. The minimum atomic E-state index is -4.74. The lowest BCUT2D eigenvalue weighted by Crippen LogP contribution is -2.47. The van der Waals surface area contributed by atoms with Gasteiger partial charge in [0.15, 0.2) is 0 Å². The lowest BCUT2D eigenvalue weighted by molar-refractivity contribution is -0.138. The summed E-state index contributed by atoms with van der Waals surface area (Å²) in [5.41, 5.74) is 5.47. The second kappa shape index (κ2) is 12.2. The van der Waals surface area contributed by atoms with E-state index in [2.05, 4.69) is 14.8 Å². The summed E-state index contributed by atoms with van der Waals surface area (Å²) in [6, 6.07) is 11.3. The molecule has 0 atom stereocenters. The minimum Gasteiger partial charge on any atom is -0.472 e. The Balaban J connectivity index is 1.40. The molecule has 2 aromatic carbocycles. The number of primary amides is 1. The maximum Gasteiger partial charge on any atom is 0.417 e. The van der Waals surface area contributed by atoms with Crippen molar-refractivity contribution in [2.24, 2.45) is 11.7 Å². The first-order valence-electron chi connectivity index (χ1n) is 13.5. The second-order valence-electron chi connectivity index (χ2n) is 10.6. The molecule has 0 unspecified atom stereocenters. The number of nitrogens with two attached hydrogens (primary N) is 1. The molecule has 0 bridgehead atoms. The summed E-state index contributed by atoms with van der Waals surface area (Å²) in [7, 11) is 3.91. The topological polar surface area (TPSA) is 87.8 Å². The Bertz CT molecular complexity index is 1390. The number of anilines is 2. The SMILES string of the molecule is CN(C)c1cccc(COc2nc(N3CCN(CC4CC4)CC3)ncc2Sc2ccc(C(N)=O)c(C(F)(F)F)c2)c1. The molecule has 5 rings (SSSR count). The summed E-state index contributed by atoms with van der Waals surface area (Å²) in [4.78, 5) is 28.2. The molecule has 1 aliphatic heterocycles. The number of alkyl halides is 3. The van der Waals surface area contributed by atoms with Crippen LogP contribution in [0.25, 0.3) is 0 Å². The van der Waals surface area contributed by atoms with Gasteiger partial charge >= 0.3 is 6.18 Å². The number of aromatic nitrogens is 2. The van der Waals surface area contributed by atoms with Gasteiger partial charge in [-0.25, -0.2) is 4.98 Å². The van der Waals surface area contributed by atoms with Crippen LogP contribution in [0.15, 0.2) is 58.5 Å². The van der Waals surface area contributed by atoms with Gasteiger partial charge < -0.3 is 20.3 Å². The Kier molecular flexibility index (Phi) is 8.60. The molecule has 8 nitrogen and oxygen atoms in total. The van der Waals surface area contributed by atoms with E-state index in [1.54, 1.807) is 6.20 Å². The van der Waals surface area contributed by atoms with E-state index < -0.39 is 23.2 Å². The predicted molar refractivity (Wildman–Crippen MR) is 153 cm³/mol. The molecule has 1 aliphatic carbocycles. The van der Waals surface area contributed by atoms with E-state index in [4.69, 9.17) is 15.5 Å². The van der Waals surface area contributed by atoms with E-state index in [9.17, 15) is 18.0 Å². The van der Waals surface area contributed by atoms with Crippen molar-refractivity contribution in [3.05, 3.63) is 65.4 Å². The highest BCUT2D eigenvalue weighted by atomic mass is 32.2. The van der Waals surface area contributed by atoms with Crippen LogP contribution in [0.5, 0.6) is 5.88 Å². The fourth-order valence-corrected chi connectivity index (χ4v) is 5.57. The zero-order valence-corrected chi connectivity index (χ0v) is 23.8. The van der Waals surface area contributed by atoms with Gasteiger partial charge in [-0.05, 0) is 54.7 Å². The molecule has 2 aliphatic rings. The number of nitrogens with zero attached hydrogens (tertiary/aromatic N) is 5. The summed E-state index contributed by atoms with van der Waals surface area (Å²) < 4.78 is 47.2. The molecule has 0 radical (unpaired) electrons. The van der Waals surface area contributed by atoms with Gasteiger partial charge in [0.25, 0.3) is 0 Å². The summed E-state index contributed by atoms with van der Waals surface area (Å²) >= 11 is 1.04. The Morgan fingerprint density at radius 1 is 1.12 bits per heavy atom. The van der Waals surface area contributed by atoms with Crippen molar-refractivity contribution in [1.29, 1.82) is 0 Å². The molecule has 218 valence electrons. The standard InChI is InChI=1S/C29H33F3N6O2S/c1-36(2)21-5-3-4-20(14-21)18-40-27-25(41-22-8-9-23(26(33)39)24(15-22)29(30,31)32)16-34-28(35-27)38-12-10-37(11-13-38)17-19-6-7-19/h3-5,8-9,14-16,19H,6-7,10-13,17-18H2,1-2H3,(H2,33,39). The first-order chi connectivity index (χ1) is 19.6. The highest BCUT2D eigenvalue weighted by Gasteiger charge is 2.35. The largest absolute Gasteiger partial charge is 0.472 e. The zero-order valence-electron chi connectivity index (χ0n) is 23.0. The number of rotatable bonds is 10. The van der Waals surface area contributed by atoms with Gasteiger partial charge in [-0.15, -0.1) is 0 Å². The van der Waals surface area contributed by atoms with Gasteiger partial charge in [0, 0.05) is 57.4 Å². The number of hydrogen-bond donors (Lipinski definition) is 1. The van der Waals surface area contributed by atoms with Crippen molar-refractivity contribution in [2.45, 2.75) is 35.4 Å². The minimum absolute atomic E-state index is 0.218. The quantitative estimate of drug-likeness (QED) is 0.358. The van der Waals surface area contributed by atoms with E-state index in [-0.39, 0.29) is 17.4 Å². The molecule has 1 saturated heterocycles. The van der Waals surface area contributed by atoms with E-state index in [1.165, 1.54) is 18.9 Å². The molecular weight excluding hydrogens is 553 g/mol. The van der Waals surface area contributed by atoms with Crippen LogP contribution >= 0.6 is 11.8 Å². The van der Waals surface area contributed by atoms with Gasteiger partial charge in [0.2, 0.25) is 17.7 Å². The third-order valence-electron chi connectivity index (χ3n) is 7.17. The van der Waals surface area contributed by atoms with Crippen LogP contribution in [-0.2, 0) is 12.8 Å². The lowest BCUT2D eigenvalue weighted by Gasteiger charge is -2.34. The third-order valence-corrected chi connectivity index (χ3v) is 8.16. The third kappa shape index (κ3) is 7.42. The van der Waals surface area contributed by atoms with Crippen LogP contribution in [0.3, 0.4) is 0 Å². The smallest absolute Gasteiger partial charge is 0.417 e. The molecule has 2 heterocycles. The normalized spacial score (nSPS) is 16.1. The number of halogens is 3. The van der Waals surface area contributed by atoms with Crippen LogP contribution in [0.2, 0.25) is 0 Å². The Labute approximate surface area is 241 Å². The molecule has 1 amide bonds. The number of ether oxygens (including phenoxy) is 1. The fraction of sp³-hybridized carbons (Fsp3) is 0.414. The van der Waals surface area contributed by atoms with Crippen molar-refractivity contribution in [3.63, 3.8) is 0 Å². The van der Waals surface area contributed by atoms with Gasteiger partial charge in [-0.1, -0.05) is 23.9 Å². The predicted octanol–water partition coefficient (Wildman–Crippen LogP) is 4.92. The van der Waals surface area contributed by atoms with Crippen molar-refractivity contribution < 1.29 is 22.7 Å². The number of amides is 1. The maximum atomic E-state index is 13.7. The molecule has 41 heavy (non-hydrogen) atoms. The van der Waals surface area contributed by atoms with Gasteiger partial charge in [-0.2, -0.15) is 18.2 Å². The van der Waals surface area contributed by atoms with Crippen LogP contribution < -0.4 is 20.3 Å². The number of carbonyl (C=O) groups is 1. The van der Waals surface area contributed by atoms with E-state index in [1.807, 2.05) is 43.3 Å². The van der Waals surface area contributed by atoms with Crippen LogP contribution in [0.1, 0.15) is 34.3 Å². The maximum absolute atomic E-state index is 13.7. The van der Waals surface area contributed by atoms with E-state index >= 15 is 0 Å². The monoisotopic (exact) mass is 586 g/mol. The van der Waals surface area contributed by atoms with Crippen molar-refractivity contribution in [3.8, 4) is 5.88 Å².